The number of esters is 2. The second-order valence-corrected chi connectivity index (χ2v) is 16.9. The number of carbonyl (C=O) groups is 2. The maximum absolute atomic E-state index is 11.5. The first-order valence-corrected chi connectivity index (χ1v) is 19.7. The Morgan fingerprint density at radius 2 is 1.07 bits per heavy atom. The number of carbonyl (C=O) groups excluding carboxylic acids is 2. The minimum Gasteiger partial charge on any atom is -0.512 e. The molecule has 0 saturated heterocycles. The first kappa shape index (κ1) is 37.8. The van der Waals surface area contributed by atoms with Gasteiger partial charge in [-0.2, -0.15) is 0 Å². The summed E-state index contributed by atoms with van der Waals surface area (Å²) in [6.45, 7) is 20.6. The van der Waals surface area contributed by atoms with Crippen LogP contribution in [0.4, 0.5) is 0 Å². The van der Waals surface area contributed by atoms with Gasteiger partial charge in [0, 0.05) is 37.0 Å². The highest BCUT2D eigenvalue weighted by atomic mass is 28.4. The zero-order valence-electron chi connectivity index (χ0n) is 26.8. The number of para-hydroxylation sites is 2. The smallest absolute Gasteiger partial charge is 0.457 e. The molecule has 2 rings (SSSR count). The van der Waals surface area contributed by atoms with Crippen molar-refractivity contribution >= 4 is 29.1 Å². The minimum absolute atomic E-state index is 0.324. The Bertz CT molecular complexity index is 1060. The topological polar surface area (TPSA) is 89.5 Å². The molecule has 0 aliphatic rings. The van der Waals surface area contributed by atoms with Gasteiger partial charge in [0.05, 0.1) is 13.2 Å². The molecule has 43 heavy (non-hydrogen) atoms. The molecule has 8 nitrogen and oxygen atoms in total. The van der Waals surface area contributed by atoms with E-state index in [1.165, 1.54) is 0 Å². The minimum atomic E-state index is -2.54. The molecular weight excluding hydrogens is 581 g/mol. The maximum atomic E-state index is 11.5. The fraction of sp³-hybridized carbons (Fsp3) is 0.455. The SMILES string of the molecule is C=C(C)C(=O)OCCC[Si](C)(Oc1ccccc1)Oc1ccccc1.C=C(C)C(=O)OCCC[Si](CC)(OCC)OCC. The summed E-state index contributed by atoms with van der Waals surface area (Å²) in [4.78, 5) is 22.7. The number of hydrogen-bond donors (Lipinski definition) is 0. The third-order valence-electron chi connectivity index (χ3n) is 6.15. The van der Waals surface area contributed by atoms with Crippen LogP contribution in [-0.4, -0.2) is 55.5 Å². The largest absolute Gasteiger partial charge is 0.512 e. The lowest BCUT2D eigenvalue weighted by molar-refractivity contribution is -0.139. The lowest BCUT2D eigenvalue weighted by atomic mass is 10.3. The normalized spacial score (nSPS) is 11.0. The third-order valence-corrected chi connectivity index (χ3v) is 12.6. The highest BCUT2D eigenvalue weighted by Crippen LogP contribution is 2.24. The molecule has 10 heteroatoms. The van der Waals surface area contributed by atoms with Crippen molar-refractivity contribution < 1.29 is 36.8 Å². The Hall–Kier alpha value is -3.19. The van der Waals surface area contributed by atoms with Crippen molar-refractivity contribution in [2.24, 2.45) is 0 Å². The summed E-state index contributed by atoms with van der Waals surface area (Å²) < 4.78 is 34.3. The standard InChI is InChI=1S/C20H24O4Si.C13H26O4Si/c1-17(2)20(21)22-15-10-16-25(3,23-18-11-6-4-7-12-18)24-19-13-8-5-9-14-19;1-6-16-18(8-3,17-7-2)11-9-10-15-13(14)12(4)5/h4-9,11-14H,1,10,15-16H2,2-3H3;4,6-11H2,1-3,5H3. The van der Waals surface area contributed by atoms with Crippen LogP contribution >= 0.6 is 0 Å². The molecule has 0 aliphatic heterocycles. The average Bonchev–Trinajstić information content (AvgIpc) is 2.98. The molecule has 0 N–H and O–H groups in total. The van der Waals surface area contributed by atoms with E-state index < -0.39 is 17.1 Å². The fourth-order valence-corrected chi connectivity index (χ4v) is 9.17. The summed E-state index contributed by atoms with van der Waals surface area (Å²) in [5, 5.41) is 0. The predicted molar refractivity (Wildman–Crippen MR) is 176 cm³/mol. The first-order chi connectivity index (χ1) is 20.5. The van der Waals surface area contributed by atoms with E-state index in [0.717, 1.165) is 30.0 Å². The quantitative estimate of drug-likeness (QED) is 0.0674. The lowest BCUT2D eigenvalue weighted by Gasteiger charge is -2.28. The highest BCUT2D eigenvalue weighted by Gasteiger charge is 2.36. The molecule has 0 heterocycles. The number of hydrogen-bond acceptors (Lipinski definition) is 8. The first-order valence-electron chi connectivity index (χ1n) is 14.9. The Kier molecular flexibility index (Phi) is 18.2. The molecule has 0 aliphatic carbocycles. The van der Waals surface area contributed by atoms with Gasteiger partial charge >= 0.3 is 29.1 Å². The van der Waals surface area contributed by atoms with Crippen LogP contribution in [0, 0.1) is 0 Å². The fourth-order valence-electron chi connectivity index (χ4n) is 4.00. The molecular formula is C33H50O8Si2. The van der Waals surface area contributed by atoms with E-state index in [-0.39, 0.29) is 11.9 Å². The van der Waals surface area contributed by atoms with Crippen LogP contribution in [0.2, 0.25) is 24.7 Å². The zero-order valence-corrected chi connectivity index (χ0v) is 28.8. The van der Waals surface area contributed by atoms with Crippen LogP contribution in [0.15, 0.2) is 85.0 Å². The monoisotopic (exact) mass is 630 g/mol. The van der Waals surface area contributed by atoms with Crippen molar-refractivity contribution in [2.75, 3.05) is 26.4 Å². The van der Waals surface area contributed by atoms with Crippen LogP contribution < -0.4 is 8.85 Å². The molecule has 0 unspecified atom stereocenters. The van der Waals surface area contributed by atoms with Crippen molar-refractivity contribution in [2.45, 2.75) is 72.1 Å². The summed E-state index contributed by atoms with van der Waals surface area (Å²) in [6, 6.07) is 21.8. The van der Waals surface area contributed by atoms with Crippen molar-refractivity contribution in [1.82, 2.24) is 0 Å². The molecule has 0 bridgehead atoms. The highest BCUT2D eigenvalue weighted by molar-refractivity contribution is 6.67. The van der Waals surface area contributed by atoms with Crippen molar-refractivity contribution in [1.29, 1.82) is 0 Å². The molecule has 0 radical (unpaired) electrons. The molecule has 0 spiro atoms. The second kappa shape index (κ2) is 20.7. The van der Waals surface area contributed by atoms with Crippen molar-refractivity contribution in [3.8, 4) is 11.5 Å². The summed E-state index contributed by atoms with van der Waals surface area (Å²) in [5.74, 6) is 0.876. The molecule has 2 aromatic rings. The molecule has 0 amide bonds. The van der Waals surface area contributed by atoms with E-state index in [9.17, 15) is 9.59 Å². The van der Waals surface area contributed by atoms with Gasteiger partial charge in [-0.15, -0.1) is 0 Å². The Labute approximate surface area is 260 Å². The lowest BCUT2D eigenvalue weighted by Crippen LogP contribution is -2.45. The van der Waals surface area contributed by atoms with E-state index in [1.807, 2.05) is 81.1 Å². The van der Waals surface area contributed by atoms with Crippen LogP contribution in [0.3, 0.4) is 0 Å². The number of rotatable bonds is 19. The number of ether oxygens (including phenoxy) is 2. The van der Waals surface area contributed by atoms with E-state index in [0.29, 0.717) is 50.0 Å². The van der Waals surface area contributed by atoms with Crippen LogP contribution in [-0.2, 0) is 27.9 Å². The van der Waals surface area contributed by atoms with E-state index >= 15 is 0 Å². The van der Waals surface area contributed by atoms with Crippen LogP contribution in [0.1, 0.15) is 47.5 Å². The summed E-state index contributed by atoms with van der Waals surface area (Å²) in [6.07, 6.45) is 1.44. The van der Waals surface area contributed by atoms with Gasteiger partial charge < -0.3 is 27.2 Å². The maximum Gasteiger partial charge on any atom is 0.457 e. The summed E-state index contributed by atoms with van der Waals surface area (Å²) >= 11 is 0. The van der Waals surface area contributed by atoms with E-state index in [1.54, 1.807) is 13.8 Å². The molecule has 0 aromatic heterocycles. The van der Waals surface area contributed by atoms with Gasteiger partial charge in [-0.05, 0) is 76.9 Å². The molecule has 238 valence electrons. The van der Waals surface area contributed by atoms with Gasteiger partial charge in [-0.1, -0.05) is 56.5 Å². The summed E-state index contributed by atoms with van der Waals surface area (Å²) in [7, 11) is -4.63. The Morgan fingerprint density at radius 1 is 0.674 bits per heavy atom. The summed E-state index contributed by atoms with van der Waals surface area (Å²) in [5.41, 5.74) is 0.838. The number of benzene rings is 2. The van der Waals surface area contributed by atoms with Gasteiger partial charge in [0.2, 0.25) is 0 Å². The van der Waals surface area contributed by atoms with Crippen LogP contribution in [0.25, 0.3) is 0 Å². The van der Waals surface area contributed by atoms with Gasteiger partial charge in [0.25, 0.3) is 0 Å². The molecule has 0 fully saturated rings. The van der Waals surface area contributed by atoms with E-state index in [2.05, 4.69) is 20.1 Å². The molecule has 0 saturated carbocycles. The molecule has 2 aromatic carbocycles. The van der Waals surface area contributed by atoms with E-state index in [4.69, 9.17) is 27.2 Å². The Balaban J connectivity index is 0.000000457. The van der Waals surface area contributed by atoms with Crippen LogP contribution in [0.5, 0.6) is 11.5 Å². The Morgan fingerprint density at radius 3 is 1.42 bits per heavy atom. The zero-order chi connectivity index (χ0) is 32.1. The van der Waals surface area contributed by atoms with Crippen molar-refractivity contribution in [3.05, 3.63) is 85.0 Å². The van der Waals surface area contributed by atoms with Gasteiger partial charge in [-0.3, -0.25) is 0 Å². The average molecular weight is 631 g/mol. The second-order valence-electron chi connectivity index (χ2n) is 10.1. The van der Waals surface area contributed by atoms with Gasteiger partial charge in [0.1, 0.15) is 11.5 Å². The van der Waals surface area contributed by atoms with Crippen molar-refractivity contribution in [3.63, 3.8) is 0 Å². The van der Waals surface area contributed by atoms with Gasteiger partial charge in [-0.25, -0.2) is 9.59 Å². The predicted octanol–water partition coefficient (Wildman–Crippen LogP) is 7.76. The van der Waals surface area contributed by atoms with Gasteiger partial charge in [0.15, 0.2) is 0 Å². The molecule has 0 atom stereocenters. The third kappa shape index (κ3) is 15.7.